The van der Waals surface area contributed by atoms with E-state index < -0.39 is 12.1 Å². The molecule has 1 aliphatic heterocycles. The van der Waals surface area contributed by atoms with Crippen molar-refractivity contribution in [1.82, 2.24) is 4.90 Å². The number of carbonyl (C=O) groups is 3. The summed E-state index contributed by atoms with van der Waals surface area (Å²) in [6.45, 7) is 3.37. The molecule has 0 radical (unpaired) electrons. The monoisotopic (exact) mass is 438 g/mol. The fourth-order valence-electron chi connectivity index (χ4n) is 2.90. The zero-order valence-electron chi connectivity index (χ0n) is 17.4. The third-order valence-corrected chi connectivity index (χ3v) is 5.70. The number of hydrogen-bond acceptors (Lipinski definition) is 6. The Balaban J connectivity index is 1.87. The van der Waals surface area contributed by atoms with Crippen molar-refractivity contribution in [3.05, 3.63) is 64.6 Å². The molecule has 1 amide bonds. The van der Waals surface area contributed by atoms with Crippen LogP contribution in [-0.4, -0.2) is 46.0 Å². The predicted octanol–water partition coefficient (Wildman–Crippen LogP) is 4.37. The first-order chi connectivity index (χ1) is 14.8. The summed E-state index contributed by atoms with van der Waals surface area (Å²) in [7, 11) is 1.63. The second-order valence-corrected chi connectivity index (χ2v) is 7.89. The van der Waals surface area contributed by atoms with Crippen molar-refractivity contribution in [2.45, 2.75) is 26.4 Å². The van der Waals surface area contributed by atoms with Crippen LogP contribution in [0.5, 0.6) is 5.75 Å². The van der Waals surface area contributed by atoms with E-state index in [0.29, 0.717) is 33.5 Å². The first kappa shape index (κ1) is 22.3. The molecule has 8 heteroatoms. The second kappa shape index (κ2) is 9.61. The first-order valence-electron chi connectivity index (χ1n) is 9.66. The quantitative estimate of drug-likeness (QED) is 0.645. The molecule has 1 aliphatic rings. The van der Waals surface area contributed by atoms with Gasteiger partial charge in [-0.1, -0.05) is 25.1 Å². The van der Waals surface area contributed by atoms with E-state index in [0.717, 1.165) is 0 Å². The number of amides is 1. The summed E-state index contributed by atoms with van der Waals surface area (Å²) in [4.78, 5) is 41.8. The van der Waals surface area contributed by atoms with Gasteiger partial charge in [-0.2, -0.15) is 0 Å². The number of ketones is 1. The number of benzene rings is 2. The van der Waals surface area contributed by atoms with Crippen LogP contribution in [0.25, 0.3) is 6.08 Å². The van der Waals surface area contributed by atoms with E-state index in [2.05, 4.69) is 4.99 Å². The number of hydrogen-bond donors (Lipinski definition) is 1. The maximum Gasteiger partial charge on any atom is 0.335 e. The molecule has 0 aliphatic carbocycles. The van der Waals surface area contributed by atoms with Crippen molar-refractivity contribution in [1.29, 1.82) is 0 Å². The number of carboxylic acids is 1. The maximum absolute atomic E-state index is 12.7. The highest BCUT2D eigenvalue weighted by Crippen LogP contribution is 2.35. The largest absolute Gasteiger partial charge is 0.482 e. The lowest BCUT2D eigenvalue weighted by molar-refractivity contribution is -0.123. The molecule has 1 fully saturated rings. The van der Waals surface area contributed by atoms with Gasteiger partial charge in [0.05, 0.1) is 16.2 Å². The molecular formula is C23H22N2O5S. The number of rotatable bonds is 7. The number of para-hydroxylation sites is 1. The lowest BCUT2D eigenvalue weighted by Gasteiger charge is -2.16. The van der Waals surface area contributed by atoms with Crippen molar-refractivity contribution in [2.75, 3.05) is 7.05 Å². The summed E-state index contributed by atoms with van der Waals surface area (Å²) < 4.78 is 5.88. The number of likely N-dealkylation sites (N-methyl/N-ethyl adjacent to an activating group) is 1. The molecule has 7 nitrogen and oxygen atoms in total. The van der Waals surface area contributed by atoms with Crippen LogP contribution in [0, 0.1) is 0 Å². The normalized spacial score (nSPS) is 17.3. The summed E-state index contributed by atoms with van der Waals surface area (Å²) >= 11 is 1.22. The lowest BCUT2D eigenvalue weighted by atomic mass is 10.1. The molecule has 2 aromatic rings. The highest BCUT2D eigenvalue weighted by molar-refractivity contribution is 8.18. The number of thioether (sulfide) groups is 1. The SMILES string of the molecule is CCC(Oc1ccccc1/C=C1\SC(=Nc2ccc(C(=O)O)cc2)N(C)C1=O)C(C)=O. The van der Waals surface area contributed by atoms with Gasteiger partial charge in [0.1, 0.15) is 5.75 Å². The van der Waals surface area contributed by atoms with E-state index in [4.69, 9.17) is 9.84 Å². The summed E-state index contributed by atoms with van der Waals surface area (Å²) in [6.07, 6.45) is 1.73. The molecule has 31 heavy (non-hydrogen) atoms. The average molecular weight is 439 g/mol. The predicted molar refractivity (Wildman–Crippen MR) is 121 cm³/mol. The summed E-state index contributed by atoms with van der Waals surface area (Å²) in [5, 5.41) is 9.49. The number of aromatic carboxylic acids is 1. The van der Waals surface area contributed by atoms with Gasteiger partial charge in [-0.3, -0.25) is 14.5 Å². The fourth-order valence-corrected chi connectivity index (χ4v) is 3.87. The Morgan fingerprint density at radius 1 is 1.19 bits per heavy atom. The van der Waals surface area contributed by atoms with Crippen LogP contribution in [-0.2, 0) is 9.59 Å². The number of nitrogens with zero attached hydrogens (tertiary/aromatic N) is 2. The molecule has 160 valence electrons. The Morgan fingerprint density at radius 3 is 2.48 bits per heavy atom. The van der Waals surface area contributed by atoms with Crippen LogP contribution in [0.15, 0.2) is 58.4 Å². The highest BCUT2D eigenvalue weighted by Gasteiger charge is 2.30. The number of carboxylic acid groups (broad SMARTS) is 1. The average Bonchev–Trinajstić information content (AvgIpc) is 3.01. The molecule has 0 bridgehead atoms. The minimum Gasteiger partial charge on any atom is -0.482 e. The number of carbonyl (C=O) groups excluding carboxylic acids is 2. The van der Waals surface area contributed by atoms with E-state index in [1.165, 1.54) is 35.7 Å². The topological polar surface area (TPSA) is 96.3 Å². The molecule has 1 saturated heterocycles. The van der Waals surface area contributed by atoms with Gasteiger partial charge in [-0.05, 0) is 61.5 Å². The highest BCUT2D eigenvalue weighted by atomic mass is 32.2. The van der Waals surface area contributed by atoms with Gasteiger partial charge >= 0.3 is 5.97 Å². The molecule has 0 spiro atoms. The van der Waals surface area contributed by atoms with E-state index in [-0.39, 0.29) is 17.3 Å². The zero-order valence-corrected chi connectivity index (χ0v) is 18.2. The van der Waals surface area contributed by atoms with E-state index in [9.17, 15) is 14.4 Å². The first-order valence-corrected chi connectivity index (χ1v) is 10.5. The van der Waals surface area contributed by atoms with Crippen molar-refractivity contribution in [2.24, 2.45) is 4.99 Å². The Kier molecular flexibility index (Phi) is 6.91. The maximum atomic E-state index is 12.7. The van der Waals surface area contributed by atoms with Crippen molar-refractivity contribution >= 4 is 46.4 Å². The molecule has 2 aromatic carbocycles. The van der Waals surface area contributed by atoms with Crippen LogP contribution in [0.4, 0.5) is 5.69 Å². The van der Waals surface area contributed by atoms with Gasteiger partial charge in [-0.25, -0.2) is 9.79 Å². The number of aliphatic imine (C=N–C) groups is 1. The van der Waals surface area contributed by atoms with Crippen molar-refractivity contribution in [3.8, 4) is 5.75 Å². The molecule has 1 unspecified atom stereocenters. The number of Topliss-reactive ketones (excluding diaryl/α,β-unsaturated/α-hetero) is 1. The van der Waals surface area contributed by atoms with Crippen LogP contribution >= 0.6 is 11.8 Å². The fraction of sp³-hybridized carbons (Fsp3) is 0.217. The van der Waals surface area contributed by atoms with Gasteiger partial charge in [0.2, 0.25) is 0 Å². The van der Waals surface area contributed by atoms with Crippen molar-refractivity contribution in [3.63, 3.8) is 0 Å². The third kappa shape index (κ3) is 5.21. The zero-order chi connectivity index (χ0) is 22.5. The Labute approximate surface area is 184 Å². The molecular weight excluding hydrogens is 416 g/mol. The number of amidine groups is 1. The van der Waals surface area contributed by atoms with E-state index in [1.54, 1.807) is 31.3 Å². The second-order valence-electron chi connectivity index (χ2n) is 6.88. The molecule has 1 N–H and O–H groups in total. The van der Waals surface area contributed by atoms with Gasteiger partial charge in [0, 0.05) is 12.6 Å². The van der Waals surface area contributed by atoms with Gasteiger partial charge in [-0.15, -0.1) is 0 Å². The third-order valence-electron chi connectivity index (χ3n) is 4.64. The van der Waals surface area contributed by atoms with Crippen LogP contribution in [0.1, 0.15) is 36.2 Å². The summed E-state index contributed by atoms with van der Waals surface area (Å²) in [5.74, 6) is -0.746. The molecule has 0 aromatic heterocycles. The van der Waals surface area contributed by atoms with Gasteiger partial charge in [0.25, 0.3) is 5.91 Å². The Bertz CT molecular complexity index is 1080. The molecule has 0 saturated carbocycles. The van der Waals surface area contributed by atoms with Crippen LogP contribution < -0.4 is 4.74 Å². The molecule has 1 atom stereocenters. The molecule has 1 heterocycles. The van der Waals surface area contributed by atoms with Crippen LogP contribution in [0.3, 0.4) is 0 Å². The Hall–Kier alpha value is -3.39. The van der Waals surface area contributed by atoms with Crippen LogP contribution in [0.2, 0.25) is 0 Å². The number of ether oxygens (including phenoxy) is 1. The standard InChI is InChI=1S/C23H22N2O5S/c1-4-18(14(2)26)30-19-8-6-5-7-16(19)13-20-21(27)25(3)23(31-20)24-17-11-9-15(10-12-17)22(28)29/h5-13,18H,4H2,1-3H3,(H,28,29)/b20-13-,24-23?. The van der Waals surface area contributed by atoms with Crippen molar-refractivity contribution < 1.29 is 24.2 Å². The molecule has 3 rings (SSSR count). The summed E-state index contributed by atoms with van der Waals surface area (Å²) in [5.41, 5.74) is 1.41. The van der Waals surface area contributed by atoms with Gasteiger partial charge in [0.15, 0.2) is 17.1 Å². The minimum absolute atomic E-state index is 0.0562. The summed E-state index contributed by atoms with van der Waals surface area (Å²) in [6, 6.07) is 13.3. The lowest BCUT2D eigenvalue weighted by Crippen LogP contribution is -2.24. The van der Waals surface area contributed by atoms with E-state index >= 15 is 0 Å². The smallest absolute Gasteiger partial charge is 0.335 e. The van der Waals surface area contributed by atoms with Gasteiger partial charge < -0.3 is 9.84 Å². The van der Waals surface area contributed by atoms with E-state index in [1.807, 2.05) is 25.1 Å². The Morgan fingerprint density at radius 2 is 1.87 bits per heavy atom. The minimum atomic E-state index is -1.01.